The number of benzene rings is 1. The lowest BCUT2D eigenvalue weighted by Crippen LogP contribution is -2.11. The molecule has 27 heavy (non-hydrogen) atoms. The molecule has 0 aliphatic heterocycles. The van der Waals surface area contributed by atoms with Crippen molar-refractivity contribution < 1.29 is 4.74 Å². The van der Waals surface area contributed by atoms with Crippen LogP contribution in [0.3, 0.4) is 0 Å². The van der Waals surface area contributed by atoms with Gasteiger partial charge in [0.2, 0.25) is 11.9 Å². The maximum absolute atomic E-state index is 5.19. The summed E-state index contributed by atoms with van der Waals surface area (Å²) in [6.07, 6.45) is 8.18. The molecule has 0 spiro atoms. The van der Waals surface area contributed by atoms with Gasteiger partial charge < -0.3 is 19.9 Å². The molecule has 0 radical (unpaired) electrons. The highest BCUT2D eigenvalue weighted by atomic mass is 16.5. The van der Waals surface area contributed by atoms with Crippen LogP contribution in [0.15, 0.2) is 43.1 Å². The second kappa shape index (κ2) is 7.68. The maximum atomic E-state index is 5.19. The quantitative estimate of drug-likeness (QED) is 0.407. The molecule has 3 aromatic heterocycles. The lowest BCUT2D eigenvalue weighted by Gasteiger charge is -2.10. The molecule has 4 aromatic rings. The first-order valence-corrected chi connectivity index (χ1v) is 8.50. The number of ether oxygens (including phenoxy) is 1. The third-order valence-electron chi connectivity index (χ3n) is 3.93. The zero-order valence-corrected chi connectivity index (χ0v) is 14.8. The number of nitrogens with zero attached hydrogens (tertiary/aromatic N) is 6. The molecule has 10 heteroatoms. The van der Waals surface area contributed by atoms with Gasteiger partial charge >= 0.3 is 6.01 Å². The Morgan fingerprint density at radius 1 is 1.19 bits per heavy atom. The van der Waals surface area contributed by atoms with Crippen LogP contribution in [-0.4, -0.2) is 48.4 Å². The second-order valence-corrected chi connectivity index (χ2v) is 5.85. The number of anilines is 3. The molecule has 0 bridgehead atoms. The summed E-state index contributed by atoms with van der Waals surface area (Å²) < 4.78 is 7.21. The molecule has 0 amide bonds. The van der Waals surface area contributed by atoms with Crippen molar-refractivity contribution in [3.63, 3.8) is 0 Å². The molecule has 0 saturated carbocycles. The van der Waals surface area contributed by atoms with Crippen LogP contribution < -0.4 is 15.4 Å². The van der Waals surface area contributed by atoms with Crippen molar-refractivity contribution in [1.29, 1.82) is 0 Å². The largest absolute Gasteiger partial charge is 0.467 e. The van der Waals surface area contributed by atoms with E-state index in [0.29, 0.717) is 18.4 Å². The van der Waals surface area contributed by atoms with Crippen LogP contribution in [0.4, 0.5) is 17.6 Å². The van der Waals surface area contributed by atoms with E-state index in [-0.39, 0.29) is 6.01 Å². The van der Waals surface area contributed by atoms with Gasteiger partial charge in [0, 0.05) is 36.6 Å². The van der Waals surface area contributed by atoms with E-state index in [1.807, 2.05) is 29.0 Å². The lowest BCUT2D eigenvalue weighted by atomic mass is 10.2. The van der Waals surface area contributed by atoms with Crippen LogP contribution in [0.25, 0.3) is 10.9 Å². The second-order valence-electron chi connectivity index (χ2n) is 5.85. The molecule has 138 valence electrons. The maximum Gasteiger partial charge on any atom is 0.322 e. The molecule has 0 unspecified atom stereocenters. The number of aryl methyl sites for hydroxylation is 1. The minimum atomic E-state index is 0.243. The number of H-pyrrole nitrogens is 1. The molecule has 0 aliphatic rings. The summed E-state index contributed by atoms with van der Waals surface area (Å²) in [6, 6.07) is 6.09. The average Bonchev–Trinajstić information content (AvgIpc) is 3.36. The van der Waals surface area contributed by atoms with Gasteiger partial charge in [-0.3, -0.25) is 5.10 Å². The average molecular weight is 365 g/mol. The smallest absolute Gasteiger partial charge is 0.322 e. The van der Waals surface area contributed by atoms with Crippen LogP contribution in [0, 0.1) is 0 Å². The Morgan fingerprint density at radius 2 is 2.11 bits per heavy atom. The Labute approximate surface area is 155 Å². The number of aromatic nitrogens is 7. The molecule has 0 fully saturated rings. The summed E-state index contributed by atoms with van der Waals surface area (Å²) in [5.41, 5.74) is 1.77. The fraction of sp³-hybridized carbons (Fsp3) is 0.235. The number of hydrogen-bond donors (Lipinski definition) is 3. The topological polar surface area (TPSA) is 118 Å². The SMILES string of the molecule is COc1nc(NCCCn2ccnc2)nc(Nc2ccc3cn[nH]c3c2)n1. The number of fused-ring (bicyclic) bond motifs is 1. The molecular formula is C17H19N9O. The van der Waals surface area contributed by atoms with Crippen LogP contribution in [0.2, 0.25) is 0 Å². The lowest BCUT2D eigenvalue weighted by molar-refractivity contribution is 0.379. The number of hydrogen-bond acceptors (Lipinski definition) is 8. The summed E-state index contributed by atoms with van der Waals surface area (Å²) in [7, 11) is 1.53. The Bertz CT molecular complexity index is 1010. The van der Waals surface area contributed by atoms with Gasteiger partial charge in [-0.25, -0.2) is 4.98 Å². The van der Waals surface area contributed by atoms with E-state index in [9.17, 15) is 0 Å². The number of methoxy groups -OCH3 is 1. The van der Waals surface area contributed by atoms with Crippen molar-refractivity contribution in [2.75, 3.05) is 24.3 Å². The minimum Gasteiger partial charge on any atom is -0.467 e. The van der Waals surface area contributed by atoms with Gasteiger partial charge in [0.25, 0.3) is 0 Å². The van der Waals surface area contributed by atoms with Crippen LogP contribution in [0.5, 0.6) is 6.01 Å². The highest BCUT2D eigenvalue weighted by molar-refractivity contribution is 5.82. The van der Waals surface area contributed by atoms with Gasteiger partial charge in [-0.1, -0.05) is 0 Å². The predicted octanol–water partition coefficient (Wildman–Crippen LogP) is 2.20. The van der Waals surface area contributed by atoms with Crippen molar-refractivity contribution in [2.45, 2.75) is 13.0 Å². The van der Waals surface area contributed by atoms with Gasteiger partial charge in [-0.15, -0.1) is 0 Å². The highest BCUT2D eigenvalue weighted by Gasteiger charge is 2.08. The van der Waals surface area contributed by atoms with Gasteiger partial charge in [0.15, 0.2) is 0 Å². The van der Waals surface area contributed by atoms with Crippen molar-refractivity contribution in [3.05, 3.63) is 43.1 Å². The van der Waals surface area contributed by atoms with Crippen molar-refractivity contribution >= 4 is 28.5 Å². The number of nitrogens with one attached hydrogen (secondary N) is 3. The highest BCUT2D eigenvalue weighted by Crippen LogP contribution is 2.20. The van der Waals surface area contributed by atoms with Gasteiger partial charge in [-0.05, 0) is 24.6 Å². The van der Waals surface area contributed by atoms with Crippen LogP contribution >= 0.6 is 0 Å². The Kier molecular flexibility index (Phi) is 4.77. The van der Waals surface area contributed by atoms with Gasteiger partial charge in [0.05, 0.1) is 25.2 Å². The standard InChI is InChI=1S/C17H19N9O/c1-27-17-23-15(19-5-2-7-26-8-6-18-11-26)22-16(24-17)21-13-4-3-12-10-20-25-14(12)9-13/h3-4,6,8-11H,2,5,7H2,1H3,(H,20,25)(H2,19,21,22,23,24). The fourth-order valence-electron chi connectivity index (χ4n) is 2.61. The van der Waals surface area contributed by atoms with E-state index < -0.39 is 0 Å². The van der Waals surface area contributed by atoms with E-state index in [0.717, 1.165) is 29.6 Å². The van der Waals surface area contributed by atoms with E-state index in [1.54, 1.807) is 18.7 Å². The monoisotopic (exact) mass is 365 g/mol. The molecule has 0 atom stereocenters. The van der Waals surface area contributed by atoms with E-state index in [4.69, 9.17) is 4.74 Å². The van der Waals surface area contributed by atoms with E-state index in [1.165, 1.54) is 7.11 Å². The normalized spacial score (nSPS) is 10.9. The molecule has 3 heterocycles. The zero-order valence-electron chi connectivity index (χ0n) is 14.8. The molecule has 0 saturated heterocycles. The first-order valence-electron chi connectivity index (χ1n) is 8.50. The third-order valence-corrected chi connectivity index (χ3v) is 3.93. The first-order chi connectivity index (χ1) is 13.3. The van der Waals surface area contributed by atoms with Gasteiger partial charge in [0.1, 0.15) is 0 Å². The fourth-order valence-corrected chi connectivity index (χ4v) is 2.61. The molecule has 4 rings (SSSR count). The number of rotatable bonds is 8. The molecule has 3 N–H and O–H groups in total. The van der Waals surface area contributed by atoms with Crippen molar-refractivity contribution in [3.8, 4) is 6.01 Å². The van der Waals surface area contributed by atoms with E-state index in [2.05, 4.69) is 40.8 Å². The van der Waals surface area contributed by atoms with Gasteiger partial charge in [-0.2, -0.15) is 20.1 Å². The van der Waals surface area contributed by atoms with Crippen LogP contribution in [0.1, 0.15) is 6.42 Å². The Morgan fingerprint density at radius 3 is 2.96 bits per heavy atom. The molecule has 0 aliphatic carbocycles. The summed E-state index contributed by atoms with van der Waals surface area (Å²) in [4.78, 5) is 16.9. The Balaban J connectivity index is 1.43. The third kappa shape index (κ3) is 4.11. The Hall–Kier alpha value is -3.69. The minimum absolute atomic E-state index is 0.243. The predicted molar refractivity (Wildman–Crippen MR) is 101 cm³/mol. The summed E-state index contributed by atoms with van der Waals surface area (Å²) in [5, 5.41) is 14.4. The molecule has 1 aromatic carbocycles. The molecule has 10 nitrogen and oxygen atoms in total. The summed E-state index contributed by atoms with van der Waals surface area (Å²) in [6.45, 7) is 1.58. The van der Waals surface area contributed by atoms with Crippen LogP contribution in [-0.2, 0) is 6.54 Å². The zero-order chi connectivity index (χ0) is 18.5. The first kappa shape index (κ1) is 16.8. The number of imidazole rings is 1. The number of aromatic amines is 1. The van der Waals surface area contributed by atoms with E-state index >= 15 is 0 Å². The van der Waals surface area contributed by atoms with Crippen molar-refractivity contribution in [1.82, 2.24) is 34.7 Å². The molecular weight excluding hydrogens is 346 g/mol. The summed E-state index contributed by atoms with van der Waals surface area (Å²) in [5.74, 6) is 0.857. The summed E-state index contributed by atoms with van der Waals surface area (Å²) >= 11 is 0. The van der Waals surface area contributed by atoms with Crippen molar-refractivity contribution in [2.24, 2.45) is 0 Å².